The van der Waals surface area contributed by atoms with Gasteiger partial charge in [-0.15, -0.1) is 12.4 Å². The molecule has 0 aliphatic rings. The molecule has 0 amide bonds. The number of nitrogens with zero attached hydrogens (tertiary/aromatic N) is 1. The zero-order valence-electron chi connectivity index (χ0n) is 14.4. The highest BCUT2D eigenvalue weighted by atomic mass is 35.5. The number of aromatic nitrogens is 1. The van der Waals surface area contributed by atoms with Crippen LogP contribution in [-0.4, -0.2) is 27.6 Å². The molecule has 5 heteroatoms. The van der Waals surface area contributed by atoms with Crippen molar-refractivity contribution in [2.24, 2.45) is 12.8 Å². The smallest absolute Gasteiger partial charge is 0.179 e. The van der Waals surface area contributed by atoms with E-state index in [0.717, 1.165) is 24.2 Å². The van der Waals surface area contributed by atoms with E-state index in [1.54, 1.807) is 0 Å². The number of Topliss-reactive ketones (excluding diaryl/α,β-unsaturated/α-hetero) is 1. The van der Waals surface area contributed by atoms with Crippen LogP contribution >= 0.6 is 12.4 Å². The maximum absolute atomic E-state index is 12.4. The zero-order chi connectivity index (χ0) is 16.9. The Morgan fingerprint density at radius 1 is 1.17 bits per heavy atom. The van der Waals surface area contributed by atoms with E-state index >= 15 is 0 Å². The number of aliphatic hydroxyl groups excluding tert-OH is 1. The molecular formula is C19H27ClN2O2. The first-order valence-electron chi connectivity index (χ1n) is 8.04. The zero-order valence-corrected chi connectivity index (χ0v) is 15.2. The first kappa shape index (κ1) is 20.4. The van der Waals surface area contributed by atoms with E-state index in [0.29, 0.717) is 12.8 Å². The highest BCUT2D eigenvalue weighted by molar-refractivity contribution is 5.94. The van der Waals surface area contributed by atoms with Gasteiger partial charge >= 0.3 is 0 Å². The molecule has 1 heterocycles. The molecule has 0 saturated heterocycles. The Hall–Kier alpha value is -1.62. The lowest BCUT2D eigenvalue weighted by Gasteiger charge is -2.21. The van der Waals surface area contributed by atoms with Crippen LogP contribution < -0.4 is 5.73 Å². The minimum atomic E-state index is -0.582. The molecule has 0 aliphatic heterocycles. The number of benzene rings is 1. The number of aryl methyl sites for hydroxylation is 2. The van der Waals surface area contributed by atoms with Gasteiger partial charge in [0.05, 0.1) is 12.3 Å². The van der Waals surface area contributed by atoms with Gasteiger partial charge in [-0.2, -0.15) is 0 Å². The van der Waals surface area contributed by atoms with Crippen molar-refractivity contribution in [3.05, 3.63) is 59.4 Å². The van der Waals surface area contributed by atoms with Crippen molar-refractivity contribution < 1.29 is 9.90 Å². The van der Waals surface area contributed by atoms with Crippen LogP contribution in [0.4, 0.5) is 0 Å². The molecule has 0 aliphatic carbocycles. The number of rotatable bonds is 8. The maximum Gasteiger partial charge on any atom is 0.179 e. The Bertz CT molecular complexity index is 651. The highest BCUT2D eigenvalue weighted by Gasteiger charge is 2.19. The summed E-state index contributed by atoms with van der Waals surface area (Å²) in [6, 6.07) is 13.9. The molecule has 2 aromatic rings. The number of ketones is 1. The first-order valence-corrected chi connectivity index (χ1v) is 8.04. The summed E-state index contributed by atoms with van der Waals surface area (Å²) >= 11 is 0. The number of nitrogens with two attached hydrogens (primary N) is 1. The lowest BCUT2D eigenvalue weighted by atomic mass is 9.97. The Morgan fingerprint density at radius 3 is 2.46 bits per heavy atom. The molecular weight excluding hydrogens is 324 g/mol. The van der Waals surface area contributed by atoms with Gasteiger partial charge in [0.2, 0.25) is 0 Å². The molecule has 24 heavy (non-hydrogen) atoms. The van der Waals surface area contributed by atoms with Crippen LogP contribution in [0.15, 0.2) is 42.5 Å². The molecule has 2 rings (SSSR count). The van der Waals surface area contributed by atoms with Crippen LogP contribution in [-0.2, 0) is 19.9 Å². The lowest BCUT2D eigenvalue weighted by Crippen LogP contribution is -2.40. The van der Waals surface area contributed by atoms with Gasteiger partial charge in [0.15, 0.2) is 5.78 Å². The number of hydrogen-bond donors (Lipinski definition) is 2. The predicted molar refractivity (Wildman–Crippen MR) is 99.8 cm³/mol. The molecule has 1 aromatic carbocycles. The van der Waals surface area contributed by atoms with Crippen LogP contribution in [0.1, 0.15) is 41.5 Å². The van der Waals surface area contributed by atoms with E-state index in [4.69, 9.17) is 5.73 Å². The Balaban J connectivity index is 0.00000288. The Morgan fingerprint density at radius 2 is 1.83 bits per heavy atom. The van der Waals surface area contributed by atoms with Crippen molar-refractivity contribution in [1.82, 2.24) is 4.57 Å². The third-order valence-corrected chi connectivity index (χ3v) is 4.31. The summed E-state index contributed by atoms with van der Waals surface area (Å²) in [5.74, 6) is 0.153. The number of carbonyl (C=O) groups excluding carboxylic acids is 1. The Kier molecular flexibility index (Phi) is 7.67. The molecule has 4 nitrogen and oxygen atoms in total. The Labute approximate surface area is 150 Å². The fourth-order valence-corrected chi connectivity index (χ4v) is 2.61. The van der Waals surface area contributed by atoms with E-state index in [-0.39, 0.29) is 24.8 Å². The fourth-order valence-electron chi connectivity index (χ4n) is 2.61. The minimum Gasteiger partial charge on any atom is -0.394 e. The van der Waals surface area contributed by atoms with Gasteiger partial charge in [-0.25, -0.2) is 0 Å². The van der Waals surface area contributed by atoms with Gasteiger partial charge in [-0.3, -0.25) is 4.79 Å². The topological polar surface area (TPSA) is 68.2 Å². The average Bonchev–Trinajstić information content (AvgIpc) is 2.93. The molecule has 0 radical (unpaired) electrons. The normalized spacial score (nSPS) is 13.2. The average molecular weight is 351 g/mol. The molecule has 0 unspecified atom stereocenters. The van der Waals surface area contributed by atoms with Crippen LogP contribution in [0.25, 0.3) is 0 Å². The van der Waals surface area contributed by atoms with Crippen LogP contribution in [0.2, 0.25) is 0 Å². The van der Waals surface area contributed by atoms with Gasteiger partial charge in [0, 0.05) is 24.7 Å². The summed E-state index contributed by atoms with van der Waals surface area (Å²) in [4.78, 5) is 12.4. The fraction of sp³-hybridized carbons (Fsp3) is 0.421. The molecule has 0 spiro atoms. The second-order valence-electron chi connectivity index (χ2n) is 6.49. The number of halogens is 1. The summed E-state index contributed by atoms with van der Waals surface area (Å²) in [7, 11) is 1.91. The monoisotopic (exact) mass is 350 g/mol. The third kappa shape index (κ3) is 5.48. The van der Waals surface area contributed by atoms with Crippen molar-refractivity contribution in [2.75, 3.05) is 6.61 Å². The molecule has 0 fully saturated rings. The maximum atomic E-state index is 12.4. The number of hydrogen-bond acceptors (Lipinski definition) is 3. The molecule has 1 atom stereocenters. The van der Waals surface area contributed by atoms with Crippen molar-refractivity contribution in [2.45, 2.75) is 38.1 Å². The largest absolute Gasteiger partial charge is 0.394 e. The number of carbonyl (C=O) groups is 1. The second kappa shape index (κ2) is 9.02. The standard InChI is InChI=1S/C19H26N2O2.ClH/c1-19(20,14-22)13-12-16-9-10-17(21(16)2)18(23)11-8-15-6-4-3-5-7-15;/h3-7,9-10,22H,8,11-14,20H2,1-2H3;1H/t19-;/m1./s1. The van der Waals surface area contributed by atoms with Crippen LogP contribution in [0.5, 0.6) is 0 Å². The minimum absolute atomic E-state index is 0. The SMILES string of the molecule is Cl.Cn1c(CC[C@@](C)(N)CO)ccc1C(=O)CCc1ccccc1. The quantitative estimate of drug-likeness (QED) is 0.719. The molecule has 0 bridgehead atoms. The molecule has 3 N–H and O–H groups in total. The predicted octanol–water partition coefficient (Wildman–Crippen LogP) is 2.90. The van der Waals surface area contributed by atoms with Crippen molar-refractivity contribution in [1.29, 1.82) is 0 Å². The molecule has 0 saturated carbocycles. The van der Waals surface area contributed by atoms with Gasteiger partial charge in [-0.05, 0) is 43.9 Å². The third-order valence-electron chi connectivity index (χ3n) is 4.31. The van der Waals surface area contributed by atoms with Crippen molar-refractivity contribution in [3.8, 4) is 0 Å². The lowest BCUT2D eigenvalue weighted by molar-refractivity contribution is 0.0974. The molecule has 132 valence electrons. The molecule has 1 aromatic heterocycles. The van der Waals surface area contributed by atoms with E-state index in [2.05, 4.69) is 0 Å². The van der Waals surface area contributed by atoms with Gasteiger partial charge in [-0.1, -0.05) is 30.3 Å². The summed E-state index contributed by atoms with van der Waals surface area (Å²) in [6.07, 6.45) is 2.69. The summed E-state index contributed by atoms with van der Waals surface area (Å²) in [6.45, 7) is 1.79. The van der Waals surface area contributed by atoms with E-state index in [9.17, 15) is 9.90 Å². The van der Waals surface area contributed by atoms with Crippen molar-refractivity contribution >= 4 is 18.2 Å². The van der Waals surface area contributed by atoms with Gasteiger partial charge in [0.1, 0.15) is 0 Å². The summed E-state index contributed by atoms with van der Waals surface area (Å²) < 4.78 is 1.95. The highest BCUT2D eigenvalue weighted by Crippen LogP contribution is 2.16. The summed E-state index contributed by atoms with van der Waals surface area (Å²) in [5, 5.41) is 9.23. The van der Waals surface area contributed by atoms with Crippen molar-refractivity contribution in [3.63, 3.8) is 0 Å². The summed E-state index contributed by atoms with van der Waals surface area (Å²) in [5.41, 5.74) is 8.37. The van der Waals surface area contributed by atoms with E-state index < -0.39 is 5.54 Å². The van der Waals surface area contributed by atoms with Gasteiger partial charge < -0.3 is 15.4 Å². The van der Waals surface area contributed by atoms with Crippen LogP contribution in [0.3, 0.4) is 0 Å². The van der Waals surface area contributed by atoms with Gasteiger partial charge in [0.25, 0.3) is 0 Å². The van der Waals surface area contributed by atoms with Crippen LogP contribution in [0, 0.1) is 0 Å². The van der Waals surface area contributed by atoms with E-state index in [1.165, 1.54) is 5.56 Å². The number of aliphatic hydroxyl groups is 1. The first-order chi connectivity index (χ1) is 10.9. The second-order valence-corrected chi connectivity index (χ2v) is 6.49. The van der Waals surface area contributed by atoms with E-state index in [1.807, 2.05) is 61.0 Å².